The highest BCUT2D eigenvalue weighted by atomic mass is 35.5. The van der Waals surface area contributed by atoms with E-state index in [2.05, 4.69) is 19.1 Å². The first kappa shape index (κ1) is 13.0. The van der Waals surface area contributed by atoms with Gasteiger partial charge in [0, 0.05) is 5.88 Å². The lowest BCUT2D eigenvalue weighted by atomic mass is 10.1. The Labute approximate surface area is 88.4 Å². The lowest BCUT2D eigenvalue weighted by molar-refractivity contribution is 0.593. The van der Waals surface area contributed by atoms with Gasteiger partial charge in [-0.3, -0.25) is 0 Å². The van der Waals surface area contributed by atoms with Crippen LogP contribution in [0, 0.1) is 0 Å². The van der Waals surface area contributed by atoms with E-state index in [1.165, 1.54) is 51.4 Å². The van der Waals surface area contributed by atoms with Gasteiger partial charge >= 0.3 is 0 Å². The average molecular weight is 203 g/mol. The van der Waals surface area contributed by atoms with Crippen LogP contribution in [0.5, 0.6) is 0 Å². The summed E-state index contributed by atoms with van der Waals surface area (Å²) in [4.78, 5) is 0. The summed E-state index contributed by atoms with van der Waals surface area (Å²) in [5.74, 6) is 0.835. The van der Waals surface area contributed by atoms with Crippen molar-refractivity contribution in [1.29, 1.82) is 0 Å². The molecule has 0 aliphatic heterocycles. The molecule has 0 aromatic heterocycles. The fourth-order valence-electron chi connectivity index (χ4n) is 1.41. The zero-order chi connectivity index (χ0) is 9.78. The Bertz CT molecular complexity index is 108. The molecule has 13 heavy (non-hydrogen) atoms. The molecule has 0 fully saturated rings. The second-order valence-electron chi connectivity index (χ2n) is 3.52. The van der Waals surface area contributed by atoms with E-state index in [0.717, 1.165) is 5.88 Å². The van der Waals surface area contributed by atoms with Crippen LogP contribution >= 0.6 is 11.6 Å². The van der Waals surface area contributed by atoms with Gasteiger partial charge in [-0.1, -0.05) is 44.3 Å². The lowest BCUT2D eigenvalue weighted by Gasteiger charge is -1.99. The third kappa shape index (κ3) is 12.0. The third-order valence-electron chi connectivity index (χ3n) is 2.24. The van der Waals surface area contributed by atoms with E-state index in [4.69, 9.17) is 11.6 Å². The molecule has 0 N–H and O–H groups in total. The summed E-state index contributed by atoms with van der Waals surface area (Å²) in [6.45, 7) is 2.09. The summed E-state index contributed by atoms with van der Waals surface area (Å²) < 4.78 is 0. The van der Waals surface area contributed by atoms with E-state index in [9.17, 15) is 0 Å². The molecule has 0 radical (unpaired) electrons. The van der Waals surface area contributed by atoms with Crippen LogP contribution in [-0.4, -0.2) is 5.88 Å². The number of allylic oxidation sites excluding steroid dienone is 2. The zero-order valence-corrected chi connectivity index (χ0v) is 9.65. The van der Waals surface area contributed by atoms with E-state index in [0.29, 0.717) is 0 Å². The first-order chi connectivity index (χ1) is 6.41. The molecule has 0 atom stereocenters. The SMILES string of the molecule is C/C=C/CCCCCCCCCCl. The Morgan fingerprint density at radius 3 is 1.92 bits per heavy atom. The Morgan fingerprint density at radius 2 is 1.38 bits per heavy atom. The van der Waals surface area contributed by atoms with Crippen LogP contribution in [0.15, 0.2) is 12.2 Å². The number of unbranched alkanes of at least 4 members (excludes halogenated alkanes) is 7. The second kappa shape index (κ2) is 12.0. The Balaban J connectivity index is 2.83. The smallest absolute Gasteiger partial charge is 0.0223 e. The van der Waals surface area contributed by atoms with Gasteiger partial charge in [0.1, 0.15) is 0 Å². The van der Waals surface area contributed by atoms with Crippen LogP contribution in [-0.2, 0) is 0 Å². The van der Waals surface area contributed by atoms with Gasteiger partial charge < -0.3 is 0 Å². The van der Waals surface area contributed by atoms with Crippen LogP contribution in [0.25, 0.3) is 0 Å². The largest absolute Gasteiger partial charge is 0.127 e. The molecular formula is C12H23Cl. The molecule has 0 saturated carbocycles. The predicted molar refractivity (Wildman–Crippen MR) is 62.5 cm³/mol. The molecule has 0 aliphatic rings. The normalized spacial score (nSPS) is 11.2. The molecule has 0 amide bonds. The summed E-state index contributed by atoms with van der Waals surface area (Å²) in [7, 11) is 0. The van der Waals surface area contributed by atoms with Crippen molar-refractivity contribution in [1.82, 2.24) is 0 Å². The predicted octanol–water partition coefficient (Wildman–Crippen LogP) is 4.92. The average Bonchev–Trinajstić information content (AvgIpc) is 2.16. The standard InChI is InChI=1S/C12H23Cl/c1-2-3-4-5-6-7-8-9-10-11-12-13/h2-3H,4-12H2,1H3/b3-2+. The first-order valence-electron chi connectivity index (χ1n) is 5.59. The summed E-state index contributed by atoms with van der Waals surface area (Å²) >= 11 is 5.59. The second-order valence-corrected chi connectivity index (χ2v) is 3.90. The van der Waals surface area contributed by atoms with Gasteiger partial charge in [0.2, 0.25) is 0 Å². The molecular weight excluding hydrogens is 180 g/mol. The Hall–Kier alpha value is 0.0300. The molecule has 0 aromatic rings. The van der Waals surface area contributed by atoms with Crippen molar-refractivity contribution in [3.8, 4) is 0 Å². The Morgan fingerprint density at radius 1 is 0.846 bits per heavy atom. The summed E-state index contributed by atoms with van der Waals surface area (Å²) in [6, 6.07) is 0. The summed E-state index contributed by atoms with van der Waals surface area (Å²) in [5.41, 5.74) is 0. The lowest BCUT2D eigenvalue weighted by Crippen LogP contribution is -1.80. The van der Waals surface area contributed by atoms with Gasteiger partial charge in [-0.15, -0.1) is 11.6 Å². The minimum absolute atomic E-state index is 0.835. The number of rotatable bonds is 9. The summed E-state index contributed by atoms with van der Waals surface area (Å²) in [5, 5.41) is 0. The number of halogens is 1. The fraction of sp³-hybridized carbons (Fsp3) is 0.833. The van der Waals surface area contributed by atoms with Crippen molar-refractivity contribution in [2.45, 2.75) is 58.3 Å². The molecule has 0 aromatic carbocycles. The third-order valence-corrected chi connectivity index (χ3v) is 2.51. The maximum Gasteiger partial charge on any atom is 0.0223 e. The minimum Gasteiger partial charge on any atom is -0.127 e. The van der Waals surface area contributed by atoms with Crippen molar-refractivity contribution in [2.24, 2.45) is 0 Å². The van der Waals surface area contributed by atoms with Crippen molar-refractivity contribution in [3.63, 3.8) is 0 Å². The van der Waals surface area contributed by atoms with Crippen molar-refractivity contribution in [3.05, 3.63) is 12.2 Å². The first-order valence-corrected chi connectivity index (χ1v) is 6.12. The van der Waals surface area contributed by atoms with Crippen LogP contribution in [0.4, 0.5) is 0 Å². The van der Waals surface area contributed by atoms with Gasteiger partial charge in [0.25, 0.3) is 0 Å². The van der Waals surface area contributed by atoms with Crippen LogP contribution in [0.2, 0.25) is 0 Å². The highest BCUT2D eigenvalue weighted by Crippen LogP contribution is 2.09. The van der Waals surface area contributed by atoms with E-state index < -0.39 is 0 Å². The van der Waals surface area contributed by atoms with Crippen LogP contribution in [0.3, 0.4) is 0 Å². The fourth-order valence-corrected chi connectivity index (χ4v) is 1.60. The van der Waals surface area contributed by atoms with Crippen molar-refractivity contribution >= 4 is 11.6 Å². The molecule has 0 nitrogen and oxygen atoms in total. The van der Waals surface area contributed by atoms with Gasteiger partial charge in [-0.2, -0.15) is 0 Å². The van der Waals surface area contributed by atoms with Crippen LogP contribution in [0.1, 0.15) is 58.3 Å². The zero-order valence-electron chi connectivity index (χ0n) is 8.90. The Kier molecular flexibility index (Phi) is 12.1. The van der Waals surface area contributed by atoms with Gasteiger partial charge in [0.05, 0.1) is 0 Å². The van der Waals surface area contributed by atoms with Crippen molar-refractivity contribution < 1.29 is 0 Å². The molecule has 0 rings (SSSR count). The van der Waals surface area contributed by atoms with E-state index >= 15 is 0 Å². The highest BCUT2D eigenvalue weighted by molar-refractivity contribution is 6.17. The molecule has 0 heterocycles. The van der Waals surface area contributed by atoms with E-state index in [1.807, 2.05) is 0 Å². The highest BCUT2D eigenvalue weighted by Gasteiger charge is 1.90. The number of hydrogen-bond donors (Lipinski definition) is 0. The molecule has 1 heteroatoms. The van der Waals surface area contributed by atoms with Gasteiger partial charge in [-0.25, -0.2) is 0 Å². The van der Waals surface area contributed by atoms with Gasteiger partial charge in [-0.05, 0) is 26.2 Å². The maximum atomic E-state index is 5.59. The molecule has 78 valence electrons. The molecule has 0 spiro atoms. The van der Waals surface area contributed by atoms with Crippen LogP contribution < -0.4 is 0 Å². The number of alkyl halides is 1. The quantitative estimate of drug-likeness (QED) is 0.283. The summed E-state index contributed by atoms with van der Waals surface area (Å²) in [6.07, 6.45) is 15.1. The molecule has 0 unspecified atom stereocenters. The van der Waals surface area contributed by atoms with Gasteiger partial charge in [0.15, 0.2) is 0 Å². The maximum absolute atomic E-state index is 5.59. The van der Waals surface area contributed by atoms with E-state index in [-0.39, 0.29) is 0 Å². The molecule has 0 bridgehead atoms. The van der Waals surface area contributed by atoms with E-state index in [1.54, 1.807) is 0 Å². The molecule has 0 aliphatic carbocycles. The topological polar surface area (TPSA) is 0 Å². The molecule has 0 saturated heterocycles. The number of hydrogen-bond acceptors (Lipinski definition) is 0. The minimum atomic E-state index is 0.835. The van der Waals surface area contributed by atoms with Crippen molar-refractivity contribution in [2.75, 3.05) is 5.88 Å². The monoisotopic (exact) mass is 202 g/mol.